The van der Waals surface area contributed by atoms with E-state index in [4.69, 9.17) is 5.11 Å². The van der Waals surface area contributed by atoms with Gasteiger partial charge >= 0.3 is 16.3 Å². The smallest absolute Gasteiger partial charge is 0.421 e. The van der Waals surface area contributed by atoms with Gasteiger partial charge in [-0.1, -0.05) is 0 Å². The second-order valence-electron chi connectivity index (χ2n) is 2.98. The SMILES string of the molecule is COC(=O)NS(=O)(=O)NCCCC(C)O. The van der Waals surface area contributed by atoms with Crippen LogP contribution in [0.25, 0.3) is 0 Å². The van der Waals surface area contributed by atoms with Gasteiger partial charge in [-0.3, -0.25) is 0 Å². The number of methoxy groups -OCH3 is 1. The molecule has 1 amide bonds. The summed E-state index contributed by atoms with van der Waals surface area (Å²) in [6, 6.07) is 0. The average Bonchev–Trinajstić information content (AvgIpc) is 2.11. The molecule has 0 fully saturated rings. The monoisotopic (exact) mass is 240 g/mol. The van der Waals surface area contributed by atoms with Gasteiger partial charge in [0, 0.05) is 6.54 Å². The zero-order valence-corrected chi connectivity index (χ0v) is 9.50. The van der Waals surface area contributed by atoms with E-state index in [1.54, 1.807) is 11.6 Å². The topological polar surface area (TPSA) is 105 Å². The number of hydrogen-bond acceptors (Lipinski definition) is 5. The van der Waals surface area contributed by atoms with E-state index in [1.807, 2.05) is 0 Å². The zero-order valence-electron chi connectivity index (χ0n) is 8.69. The number of carbonyl (C=O) groups excluding carboxylic acids is 1. The van der Waals surface area contributed by atoms with Crippen molar-refractivity contribution in [3.05, 3.63) is 0 Å². The third-order valence-corrected chi connectivity index (χ3v) is 2.51. The zero-order chi connectivity index (χ0) is 11.9. The van der Waals surface area contributed by atoms with Crippen molar-refractivity contribution in [2.75, 3.05) is 13.7 Å². The maximum absolute atomic E-state index is 11.1. The van der Waals surface area contributed by atoms with E-state index in [-0.39, 0.29) is 6.54 Å². The van der Waals surface area contributed by atoms with Gasteiger partial charge in [-0.05, 0) is 19.8 Å². The number of amides is 1. The van der Waals surface area contributed by atoms with E-state index in [0.717, 1.165) is 7.11 Å². The van der Waals surface area contributed by atoms with Gasteiger partial charge in [-0.15, -0.1) is 0 Å². The molecule has 0 radical (unpaired) electrons. The molecule has 90 valence electrons. The Morgan fingerprint density at radius 2 is 2.13 bits per heavy atom. The number of hydrogen-bond donors (Lipinski definition) is 3. The molecule has 0 aliphatic carbocycles. The van der Waals surface area contributed by atoms with E-state index < -0.39 is 22.4 Å². The van der Waals surface area contributed by atoms with Gasteiger partial charge in [0.15, 0.2) is 0 Å². The third-order valence-electron chi connectivity index (χ3n) is 1.49. The van der Waals surface area contributed by atoms with Crippen molar-refractivity contribution < 1.29 is 23.1 Å². The Bertz CT molecular complexity index is 288. The summed E-state index contributed by atoms with van der Waals surface area (Å²) in [5, 5.41) is 8.90. The molecule has 15 heavy (non-hydrogen) atoms. The molecule has 3 N–H and O–H groups in total. The third kappa shape index (κ3) is 8.16. The van der Waals surface area contributed by atoms with Crippen LogP contribution in [0.5, 0.6) is 0 Å². The summed E-state index contributed by atoms with van der Waals surface area (Å²) < 4.78 is 30.0. The normalized spacial score (nSPS) is 13.3. The van der Waals surface area contributed by atoms with Crippen molar-refractivity contribution in [1.82, 2.24) is 9.44 Å². The molecule has 0 heterocycles. The molecule has 0 saturated heterocycles. The standard InChI is InChI=1S/C7H16N2O5S/c1-6(10)4-3-5-8-15(12,13)9-7(11)14-2/h6,8,10H,3-5H2,1-2H3,(H,9,11). The molecule has 0 spiro atoms. The molecule has 1 atom stereocenters. The lowest BCUT2D eigenvalue weighted by Gasteiger charge is -2.07. The van der Waals surface area contributed by atoms with Gasteiger partial charge in [0.2, 0.25) is 0 Å². The summed E-state index contributed by atoms with van der Waals surface area (Å²) in [5.74, 6) is 0. The summed E-state index contributed by atoms with van der Waals surface area (Å²) in [6.45, 7) is 1.76. The first kappa shape index (κ1) is 14.1. The van der Waals surface area contributed by atoms with E-state index in [2.05, 4.69) is 9.46 Å². The molecule has 0 bridgehead atoms. The number of aliphatic hydroxyl groups is 1. The van der Waals surface area contributed by atoms with Crippen LogP contribution in [0, 0.1) is 0 Å². The lowest BCUT2D eigenvalue weighted by molar-refractivity contribution is 0.177. The van der Waals surface area contributed by atoms with E-state index in [1.165, 1.54) is 0 Å². The Hall–Kier alpha value is -0.860. The molecule has 8 heteroatoms. The summed E-state index contributed by atoms with van der Waals surface area (Å²) in [5.41, 5.74) is 0. The highest BCUT2D eigenvalue weighted by molar-refractivity contribution is 7.88. The van der Waals surface area contributed by atoms with Crippen LogP contribution in [0.4, 0.5) is 4.79 Å². The molecular formula is C7H16N2O5S. The molecule has 0 saturated carbocycles. The Labute approximate surface area is 89.0 Å². The maximum Gasteiger partial charge on any atom is 0.421 e. The fourth-order valence-corrected chi connectivity index (χ4v) is 1.58. The van der Waals surface area contributed by atoms with Gasteiger partial charge in [-0.2, -0.15) is 13.1 Å². The minimum atomic E-state index is -3.85. The molecule has 0 aliphatic rings. The predicted octanol–water partition coefficient (Wildman–Crippen LogP) is -0.662. The van der Waals surface area contributed by atoms with Crippen LogP contribution >= 0.6 is 0 Å². The van der Waals surface area contributed by atoms with Crippen LogP contribution in [0.3, 0.4) is 0 Å². The van der Waals surface area contributed by atoms with Crippen molar-refractivity contribution in [3.63, 3.8) is 0 Å². The van der Waals surface area contributed by atoms with Gasteiger partial charge in [0.1, 0.15) is 0 Å². The molecular weight excluding hydrogens is 224 g/mol. The Balaban J connectivity index is 3.80. The number of nitrogens with one attached hydrogen (secondary N) is 2. The maximum atomic E-state index is 11.1. The minimum absolute atomic E-state index is 0.150. The van der Waals surface area contributed by atoms with E-state index >= 15 is 0 Å². The predicted molar refractivity (Wildman–Crippen MR) is 53.4 cm³/mol. The fraction of sp³-hybridized carbons (Fsp3) is 0.857. The average molecular weight is 240 g/mol. The minimum Gasteiger partial charge on any atom is -0.452 e. The highest BCUT2D eigenvalue weighted by Crippen LogP contribution is 1.94. The van der Waals surface area contributed by atoms with Crippen molar-refractivity contribution >= 4 is 16.3 Å². The van der Waals surface area contributed by atoms with Crippen LogP contribution in [-0.2, 0) is 14.9 Å². The highest BCUT2D eigenvalue weighted by atomic mass is 32.2. The number of ether oxygens (including phenoxy) is 1. The fourth-order valence-electron chi connectivity index (χ4n) is 0.791. The Morgan fingerprint density at radius 1 is 1.53 bits per heavy atom. The summed E-state index contributed by atoms with van der Waals surface area (Å²) in [6.07, 6.45) is -0.540. The quantitative estimate of drug-likeness (QED) is 0.534. The number of carbonyl (C=O) groups is 1. The van der Waals surface area contributed by atoms with Crippen LogP contribution in [-0.4, -0.2) is 39.4 Å². The molecule has 7 nitrogen and oxygen atoms in total. The lowest BCUT2D eigenvalue weighted by Crippen LogP contribution is -2.40. The van der Waals surface area contributed by atoms with Gasteiger partial charge in [0.25, 0.3) is 0 Å². The summed E-state index contributed by atoms with van der Waals surface area (Å²) in [4.78, 5) is 10.6. The van der Waals surface area contributed by atoms with E-state index in [9.17, 15) is 13.2 Å². The Kier molecular flexibility index (Phi) is 6.21. The number of aliphatic hydroxyl groups excluding tert-OH is 1. The first-order valence-electron chi connectivity index (χ1n) is 4.41. The summed E-state index contributed by atoms with van der Waals surface area (Å²) in [7, 11) is -2.78. The van der Waals surface area contributed by atoms with Crippen molar-refractivity contribution in [2.45, 2.75) is 25.9 Å². The molecule has 0 aromatic rings. The lowest BCUT2D eigenvalue weighted by atomic mass is 10.2. The second kappa shape index (κ2) is 6.59. The van der Waals surface area contributed by atoms with Crippen molar-refractivity contribution in [2.24, 2.45) is 0 Å². The second-order valence-corrected chi connectivity index (χ2v) is 4.48. The van der Waals surface area contributed by atoms with Crippen LogP contribution in [0.1, 0.15) is 19.8 Å². The largest absolute Gasteiger partial charge is 0.452 e. The van der Waals surface area contributed by atoms with E-state index in [0.29, 0.717) is 12.8 Å². The molecule has 1 unspecified atom stereocenters. The first-order valence-corrected chi connectivity index (χ1v) is 5.89. The van der Waals surface area contributed by atoms with Gasteiger partial charge < -0.3 is 9.84 Å². The number of rotatable bonds is 6. The van der Waals surface area contributed by atoms with Crippen LogP contribution in [0.2, 0.25) is 0 Å². The molecule has 0 aromatic heterocycles. The molecule has 0 aromatic carbocycles. The molecule has 0 rings (SSSR count). The Morgan fingerprint density at radius 3 is 2.60 bits per heavy atom. The highest BCUT2D eigenvalue weighted by Gasteiger charge is 2.13. The molecule has 0 aliphatic heterocycles. The van der Waals surface area contributed by atoms with Crippen molar-refractivity contribution in [3.8, 4) is 0 Å². The van der Waals surface area contributed by atoms with Crippen LogP contribution < -0.4 is 9.44 Å². The van der Waals surface area contributed by atoms with Crippen molar-refractivity contribution in [1.29, 1.82) is 0 Å². The van der Waals surface area contributed by atoms with Gasteiger partial charge in [-0.25, -0.2) is 9.52 Å². The first-order chi connectivity index (χ1) is 6.87. The van der Waals surface area contributed by atoms with Crippen LogP contribution in [0.15, 0.2) is 0 Å². The van der Waals surface area contributed by atoms with Gasteiger partial charge in [0.05, 0.1) is 13.2 Å². The summed E-state index contributed by atoms with van der Waals surface area (Å²) >= 11 is 0.